The number of carbonyl (C=O) groups is 2. The quantitative estimate of drug-likeness (QED) is 0.224. The number of nitrogens with one attached hydrogen (secondary N) is 2. The highest BCUT2D eigenvalue weighted by Gasteiger charge is 2.26. The van der Waals surface area contributed by atoms with Gasteiger partial charge in [-0.05, 0) is 42.3 Å². The summed E-state index contributed by atoms with van der Waals surface area (Å²) in [5, 5.41) is 17.5. The lowest BCUT2D eigenvalue weighted by atomic mass is 10.1. The molecular weight excluding hydrogens is 498 g/mol. The van der Waals surface area contributed by atoms with E-state index < -0.39 is 27.4 Å². The topological polar surface area (TPSA) is 151 Å². The fraction of sp³-hybridized carbons (Fsp3) is 0.160. The number of nitro groups is 1. The zero-order valence-corrected chi connectivity index (χ0v) is 20.7. The fourth-order valence-electron chi connectivity index (χ4n) is 3.38. The van der Waals surface area contributed by atoms with Crippen molar-refractivity contribution in [1.82, 2.24) is 9.73 Å². The van der Waals surface area contributed by atoms with Crippen LogP contribution in [0.15, 0.2) is 88.9 Å². The standard InChI is InChI=1S/C25H25N5O6S/c1-19(31)27-22-11-13-23(14-12-22)37(35,36)29(16-15-20-7-3-2-4-8-20)18-25(32)28-26-17-21-9-5-6-10-24(21)30(33)34/h2-14,17H,15-16,18H2,1H3,(H,27,31)(H,28,32)/b26-17-. The lowest BCUT2D eigenvalue weighted by Crippen LogP contribution is -2.40. The van der Waals surface area contributed by atoms with Crippen LogP contribution < -0.4 is 10.7 Å². The SMILES string of the molecule is CC(=O)Nc1ccc(S(=O)(=O)N(CCc2ccccc2)CC(=O)N/N=C\c2ccccc2[N+](=O)[O-])cc1. The van der Waals surface area contributed by atoms with Crippen LogP contribution in [0.1, 0.15) is 18.1 Å². The van der Waals surface area contributed by atoms with Crippen LogP contribution in [-0.2, 0) is 26.0 Å². The number of nitrogens with zero attached hydrogens (tertiary/aromatic N) is 3. The largest absolute Gasteiger partial charge is 0.326 e. The number of hydrazone groups is 1. The minimum atomic E-state index is -4.09. The van der Waals surface area contributed by atoms with E-state index in [0.29, 0.717) is 12.1 Å². The summed E-state index contributed by atoms with van der Waals surface area (Å²) in [5.74, 6) is -1.01. The monoisotopic (exact) mass is 523 g/mol. The van der Waals surface area contributed by atoms with Crippen molar-refractivity contribution in [3.05, 3.63) is 100 Å². The maximum atomic E-state index is 13.4. The minimum Gasteiger partial charge on any atom is -0.326 e. The van der Waals surface area contributed by atoms with Crippen LogP contribution in [-0.4, -0.2) is 48.8 Å². The minimum absolute atomic E-state index is 0.0150. The lowest BCUT2D eigenvalue weighted by molar-refractivity contribution is -0.385. The number of anilines is 1. The first-order valence-electron chi connectivity index (χ1n) is 11.1. The molecule has 192 valence electrons. The van der Waals surface area contributed by atoms with Gasteiger partial charge < -0.3 is 5.32 Å². The summed E-state index contributed by atoms with van der Waals surface area (Å²) in [6.07, 6.45) is 1.48. The van der Waals surface area contributed by atoms with Gasteiger partial charge in [-0.25, -0.2) is 13.8 Å². The Morgan fingerprint density at radius 1 is 1.00 bits per heavy atom. The third kappa shape index (κ3) is 7.78. The molecule has 0 saturated carbocycles. The van der Waals surface area contributed by atoms with Crippen LogP contribution in [0, 0.1) is 10.1 Å². The smallest absolute Gasteiger partial charge is 0.278 e. The Kier molecular flexibility index (Phi) is 9.19. The molecule has 3 aromatic carbocycles. The van der Waals surface area contributed by atoms with E-state index in [9.17, 15) is 28.1 Å². The molecule has 0 aliphatic heterocycles. The van der Waals surface area contributed by atoms with Gasteiger partial charge in [0.25, 0.3) is 11.6 Å². The third-order valence-electron chi connectivity index (χ3n) is 5.15. The Labute approximate surface area is 214 Å². The third-order valence-corrected chi connectivity index (χ3v) is 7.01. The molecule has 0 saturated heterocycles. The van der Waals surface area contributed by atoms with Crippen molar-refractivity contribution in [3.8, 4) is 0 Å². The number of sulfonamides is 1. The molecule has 0 aromatic heterocycles. The fourth-order valence-corrected chi connectivity index (χ4v) is 4.77. The Morgan fingerprint density at radius 2 is 1.65 bits per heavy atom. The maximum absolute atomic E-state index is 13.4. The van der Waals surface area contributed by atoms with Crippen molar-refractivity contribution in [3.63, 3.8) is 0 Å². The molecule has 3 aromatic rings. The number of carbonyl (C=O) groups excluding carboxylic acids is 2. The van der Waals surface area contributed by atoms with Crippen LogP contribution in [0.2, 0.25) is 0 Å². The van der Waals surface area contributed by atoms with Crippen molar-refractivity contribution in [2.75, 3.05) is 18.4 Å². The van der Waals surface area contributed by atoms with Crippen molar-refractivity contribution in [1.29, 1.82) is 0 Å². The van der Waals surface area contributed by atoms with E-state index in [1.165, 1.54) is 49.4 Å². The van der Waals surface area contributed by atoms with Gasteiger partial charge in [-0.2, -0.15) is 9.41 Å². The highest BCUT2D eigenvalue weighted by molar-refractivity contribution is 7.89. The summed E-state index contributed by atoms with van der Waals surface area (Å²) in [6, 6.07) is 20.7. The first-order chi connectivity index (χ1) is 17.7. The molecule has 0 spiro atoms. The predicted molar refractivity (Wildman–Crippen MR) is 138 cm³/mol. The molecule has 0 radical (unpaired) electrons. The molecule has 12 heteroatoms. The number of nitro benzene ring substituents is 1. The molecule has 37 heavy (non-hydrogen) atoms. The molecule has 0 fully saturated rings. The molecule has 2 N–H and O–H groups in total. The van der Waals surface area contributed by atoms with Crippen LogP contribution in [0.4, 0.5) is 11.4 Å². The Morgan fingerprint density at radius 3 is 2.30 bits per heavy atom. The van der Waals surface area contributed by atoms with Crippen LogP contribution in [0.5, 0.6) is 0 Å². The number of rotatable bonds is 11. The second-order valence-electron chi connectivity index (χ2n) is 7.89. The van der Waals surface area contributed by atoms with E-state index in [1.54, 1.807) is 6.07 Å². The van der Waals surface area contributed by atoms with Gasteiger partial charge in [0, 0.05) is 25.2 Å². The molecule has 0 aliphatic rings. The van der Waals surface area contributed by atoms with Gasteiger partial charge in [0.15, 0.2) is 0 Å². The molecule has 0 heterocycles. The van der Waals surface area contributed by atoms with Crippen molar-refractivity contribution < 1.29 is 22.9 Å². The van der Waals surface area contributed by atoms with Gasteiger partial charge >= 0.3 is 0 Å². The molecular formula is C25H25N5O6S. The highest BCUT2D eigenvalue weighted by Crippen LogP contribution is 2.19. The number of benzene rings is 3. The normalized spacial score (nSPS) is 11.4. The Bertz CT molecular complexity index is 1390. The molecule has 3 rings (SSSR count). The van der Waals surface area contributed by atoms with Gasteiger partial charge in [-0.3, -0.25) is 19.7 Å². The van der Waals surface area contributed by atoms with E-state index in [-0.39, 0.29) is 28.6 Å². The van der Waals surface area contributed by atoms with Gasteiger partial charge in [0.2, 0.25) is 15.9 Å². The molecule has 2 amide bonds. The van der Waals surface area contributed by atoms with Crippen molar-refractivity contribution >= 4 is 39.4 Å². The van der Waals surface area contributed by atoms with E-state index in [2.05, 4.69) is 15.8 Å². The number of amides is 2. The van der Waals surface area contributed by atoms with E-state index in [0.717, 1.165) is 16.1 Å². The van der Waals surface area contributed by atoms with E-state index >= 15 is 0 Å². The summed E-state index contributed by atoms with van der Waals surface area (Å²) < 4.78 is 27.8. The van der Waals surface area contributed by atoms with Crippen LogP contribution >= 0.6 is 0 Å². The predicted octanol–water partition coefficient (Wildman–Crippen LogP) is 2.94. The number of hydrogen-bond donors (Lipinski definition) is 2. The average molecular weight is 524 g/mol. The first kappa shape index (κ1) is 27.2. The van der Waals surface area contributed by atoms with E-state index in [1.807, 2.05) is 30.3 Å². The summed E-state index contributed by atoms with van der Waals surface area (Å²) in [4.78, 5) is 34.4. The summed E-state index contributed by atoms with van der Waals surface area (Å²) in [5.41, 5.74) is 3.55. The molecule has 0 atom stereocenters. The second-order valence-corrected chi connectivity index (χ2v) is 9.83. The van der Waals surface area contributed by atoms with Crippen molar-refractivity contribution in [2.24, 2.45) is 5.10 Å². The maximum Gasteiger partial charge on any atom is 0.278 e. The van der Waals surface area contributed by atoms with E-state index in [4.69, 9.17) is 0 Å². The molecule has 0 unspecified atom stereocenters. The molecule has 11 nitrogen and oxygen atoms in total. The van der Waals surface area contributed by atoms with Gasteiger partial charge in [0.05, 0.1) is 28.1 Å². The first-order valence-corrected chi connectivity index (χ1v) is 12.6. The highest BCUT2D eigenvalue weighted by atomic mass is 32.2. The van der Waals surface area contributed by atoms with Gasteiger partial charge in [0.1, 0.15) is 0 Å². The Balaban J connectivity index is 1.77. The second kappa shape index (κ2) is 12.5. The summed E-state index contributed by atoms with van der Waals surface area (Å²) >= 11 is 0. The lowest BCUT2D eigenvalue weighted by Gasteiger charge is -2.21. The van der Waals surface area contributed by atoms with Gasteiger partial charge in [-0.1, -0.05) is 42.5 Å². The number of para-hydroxylation sites is 1. The zero-order chi connectivity index (χ0) is 26.8. The number of hydrogen-bond acceptors (Lipinski definition) is 7. The van der Waals surface area contributed by atoms with Gasteiger partial charge in [-0.15, -0.1) is 0 Å². The molecule has 0 aliphatic carbocycles. The Hall–Kier alpha value is -4.42. The van der Waals surface area contributed by atoms with Crippen LogP contribution in [0.3, 0.4) is 0 Å². The zero-order valence-electron chi connectivity index (χ0n) is 19.9. The summed E-state index contributed by atoms with van der Waals surface area (Å²) in [6.45, 7) is 0.824. The van der Waals surface area contributed by atoms with Crippen molar-refractivity contribution in [2.45, 2.75) is 18.2 Å². The molecule has 0 bridgehead atoms. The van der Waals surface area contributed by atoms with Crippen LogP contribution in [0.25, 0.3) is 0 Å². The average Bonchev–Trinajstić information content (AvgIpc) is 2.87. The summed E-state index contributed by atoms with van der Waals surface area (Å²) in [7, 11) is -4.09.